The van der Waals surface area contributed by atoms with Gasteiger partial charge in [-0.1, -0.05) is 12.1 Å². The molecule has 0 saturated heterocycles. The van der Waals surface area contributed by atoms with Gasteiger partial charge in [0.1, 0.15) is 5.75 Å². The second-order valence-corrected chi connectivity index (χ2v) is 6.61. The molecule has 0 aliphatic heterocycles. The summed E-state index contributed by atoms with van der Waals surface area (Å²) in [4.78, 5) is 12.2. The van der Waals surface area contributed by atoms with Crippen molar-refractivity contribution in [3.63, 3.8) is 0 Å². The maximum Gasteiger partial charge on any atom is 0.319 e. The summed E-state index contributed by atoms with van der Waals surface area (Å²) in [5.74, 6) is 0.830. The molecule has 5 nitrogen and oxygen atoms in total. The minimum absolute atomic E-state index is 0.213. The minimum Gasteiger partial charge on any atom is -0.497 e. The molecule has 3 rings (SSSR count). The van der Waals surface area contributed by atoms with Gasteiger partial charge in [0, 0.05) is 29.3 Å². The van der Waals surface area contributed by atoms with E-state index in [1.165, 1.54) is 0 Å². The molecule has 0 aliphatic carbocycles. The number of benzene rings is 2. The van der Waals surface area contributed by atoms with Crippen LogP contribution in [0.15, 0.2) is 54.6 Å². The molecule has 2 amide bonds. The van der Waals surface area contributed by atoms with Gasteiger partial charge in [0.2, 0.25) is 0 Å². The molecule has 0 spiro atoms. The van der Waals surface area contributed by atoms with Gasteiger partial charge in [0.05, 0.1) is 7.11 Å². The number of carbonyl (C=O) groups is 1. The van der Waals surface area contributed by atoms with Gasteiger partial charge >= 0.3 is 6.03 Å². The highest BCUT2D eigenvalue weighted by molar-refractivity contribution is 5.89. The summed E-state index contributed by atoms with van der Waals surface area (Å²) in [5, 5.41) is 5.80. The lowest BCUT2D eigenvalue weighted by atomic mass is 10.2. The third kappa shape index (κ3) is 4.31. The van der Waals surface area contributed by atoms with E-state index in [2.05, 4.69) is 35.1 Å². The van der Waals surface area contributed by atoms with Crippen molar-refractivity contribution in [2.45, 2.75) is 27.3 Å². The van der Waals surface area contributed by atoms with E-state index < -0.39 is 0 Å². The Labute approximate surface area is 160 Å². The van der Waals surface area contributed by atoms with Crippen molar-refractivity contribution in [2.24, 2.45) is 0 Å². The summed E-state index contributed by atoms with van der Waals surface area (Å²) in [5.41, 5.74) is 6.28. The molecule has 5 heteroatoms. The predicted octanol–water partition coefficient (Wildman–Crippen LogP) is 4.73. The molecule has 2 aromatic carbocycles. The predicted molar refractivity (Wildman–Crippen MR) is 109 cm³/mol. The highest BCUT2D eigenvalue weighted by Crippen LogP contribution is 2.22. The number of carbonyl (C=O) groups excluding carboxylic acids is 1. The highest BCUT2D eigenvalue weighted by atomic mass is 16.5. The topological polar surface area (TPSA) is 55.3 Å². The van der Waals surface area contributed by atoms with E-state index in [1.54, 1.807) is 7.11 Å². The Morgan fingerprint density at radius 2 is 1.78 bits per heavy atom. The van der Waals surface area contributed by atoms with Crippen LogP contribution >= 0.6 is 0 Å². The number of methoxy groups -OCH3 is 1. The fraction of sp³-hybridized carbons (Fsp3) is 0.227. The molecule has 0 bridgehead atoms. The third-order valence-corrected chi connectivity index (χ3v) is 4.58. The van der Waals surface area contributed by atoms with E-state index in [0.717, 1.165) is 39.6 Å². The molecule has 1 heterocycles. The van der Waals surface area contributed by atoms with Crippen LogP contribution in [0.5, 0.6) is 5.75 Å². The maximum atomic E-state index is 12.2. The normalized spacial score (nSPS) is 10.5. The average molecular weight is 363 g/mol. The minimum atomic E-state index is -0.213. The molecule has 2 N–H and O–H groups in total. The van der Waals surface area contributed by atoms with Crippen molar-refractivity contribution in [1.82, 2.24) is 9.88 Å². The van der Waals surface area contributed by atoms with Crippen molar-refractivity contribution in [3.8, 4) is 11.4 Å². The Kier molecular flexibility index (Phi) is 5.50. The standard InChI is InChI=1S/C22H25N3O2/c1-15-6-5-7-19(12-15)24-22(26)23-14-18-13-16(2)25(17(18)3)20-8-10-21(27-4)11-9-20/h5-13H,14H2,1-4H3,(H2,23,24,26). The highest BCUT2D eigenvalue weighted by Gasteiger charge is 2.12. The number of aromatic nitrogens is 1. The molecular weight excluding hydrogens is 338 g/mol. The van der Waals surface area contributed by atoms with Crippen LogP contribution in [0.1, 0.15) is 22.5 Å². The van der Waals surface area contributed by atoms with E-state index in [4.69, 9.17) is 4.74 Å². The molecule has 0 unspecified atom stereocenters. The molecule has 0 saturated carbocycles. The summed E-state index contributed by atoms with van der Waals surface area (Å²) in [6.07, 6.45) is 0. The number of aryl methyl sites for hydroxylation is 2. The largest absolute Gasteiger partial charge is 0.497 e. The van der Waals surface area contributed by atoms with E-state index in [9.17, 15) is 4.79 Å². The lowest BCUT2D eigenvalue weighted by Crippen LogP contribution is -2.28. The Balaban J connectivity index is 1.69. The summed E-state index contributed by atoms with van der Waals surface area (Å²) < 4.78 is 7.40. The van der Waals surface area contributed by atoms with Crippen LogP contribution in [0.4, 0.5) is 10.5 Å². The van der Waals surface area contributed by atoms with Gasteiger partial charge in [-0.05, 0) is 74.4 Å². The maximum absolute atomic E-state index is 12.2. The van der Waals surface area contributed by atoms with Crippen LogP contribution in [0.2, 0.25) is 0 Å². The molecule has 0 radical (unpaired) electrons. The lowest BCUT2D eigenvalue weighted by Gasteiger charge is -2.11. The molecule has 140 valence electrons. The Morgan fingerprint density at radius 3 is 2.44 bits per heavy atom. The van der Waals surface area contributed by atoms with Gasteiger partial charge in [0.25, 0.3) is 0 Å². The number of rotatable bonds is 5. The molecule has 0 aliphatic rings. The smallest absolute Gasteiger partial charge is 0.319 e. The zero-order valence-corrected chi connectivity index (χ0v) is 16.2. The first kappa shape index (κ1) is 18.6. The Bertz CT molecular complexity index is 943. The third-order valence-electron chi connectivity index (χ3n) is 4.58. The number of amides is 2. The molecule has 1 aromatic heterocycles. The average Bonchev–Trinajstić information content (AvgIpc) is 2.94. The van der Waals surface area contributed by atoms with E-state index in [-0.39, 0.29) is 6.03 Å². The molecule has 0 atom stereocenters. The summed E-state index contributed by atoms with van der Waals surface area (Å²) in [6, 6.07) is 17.6. The zero-order valence-electron chi connectivity index (χ0n) is 16.2. The van der Waals surface area contributed by atoms with Gasteiger partial charge in [-0.3, -0.25) is 0 Å². The van der Waals surface area contributed by atoms with Crippen LogP contribution in [0.25, 0.3) is 5.69 Å². The molecule has 3 aromatic rings. The summed E-state index contributed by atoms with van der Waals surface area (Å²) in [6.45, 7) is 6.59. The summed E-state index contributed by atoms with van der Waals surface area (Å²) >= 11 is 0. The van der Waals surface area contributed by atoms with Gasteiger partial charge in [0.15, 0.2) is 0 Å². The van der Waals surface area contributed by atoms with E-state index >= 15 is 0 Å². The molecular formula is C22H25N3O2. The number of anilines is 1. The quantitative estimate of drug-likeness (QED) is 0.688. The number of hydrogen-bond donors (Lipinski definition) is 2. The second kappa shape index (κ2) is 7.99. The monoisotopic (exact) mass is 363 g/mol. The SMILES string of the molecule is COc1ccc(-n2c(C)cc(CNC(=O)Nc3cccc(C)c3)c2C)cc1. The second-order valence-electron chi connectivity index (χ2n) is 6.61. The molecule has 27 heavy (non-hydrogen) atoms. The molecule has 0 fully saturated rings. The van der Waals surface area contributed by atoms with Gasteiger partial charge in [-0.25, -0.2) is 4.79 Å². The van der Waals surface area contributed by atoms with Gasteiger partial charge in [-0.2, -0.15) is 0 Å². The van der Waals surface area contributed by atoms with Crippen LogP contribution < -0.4 is 15.4 Å². The Morgan fingerprint density at radius 1 is 1.04 bits per heavy atom. The summed E-state index contributed by atoms with van der Waals surface area (Å²) in [7, 11) is 1.66. The van der Waals surface area contributed by atoms with E-state index in [0.29, 0.717) is 6.54 Å². The number of nitrogens with one attached hydrogen (secondary N) is 2. The van der Waals surface area contributed by atoms with Crippen LogP contribution in [-0.4, -0.2) is 17.7 Å². The van der Waals surface area contributed by atoms with Gasteiger partial charge < -0.3 is 19.9 Å². The van der Waals surface area contributed by atoms with Crippen molar-refractivity contribution in [1.29, 1.82) is 0 Å². The number of hydrogen-bond acceptors (Lipinski definition) is 2. The zero-order chi connectivity index (χ0) is 19.4. The van der Waals surface area contributed by atoms with Crippen LogP contribution in [0.3, 0.4) is 0 Å². The number of nitrogens with zero attached hydrogens (tertiary/aromatic N) is 1. The first-order valence-corrected chi connectivity index (χ1v) is 8.91. The fourth-order valence-electron chi connectivity index (χ4n) is 3.21. The number of ether oxygens (including phenoxy) is 1. The van der Waals surface area contributed by atoms with Crippen LogP contribution in [0, 0.1) is 20.8 Å². The Hall–Kier alpha value is -3.21. The lowest BCUT2D eigenvalue weighted by molar-refractivity contribution is 0.251. The first-order chi connectivity index (χ1) is 13.0. The van der Waals surface area contributed by atoms with E-state index in [1.807, 2.05) is 55.5 Å². The van der Waals surface area contributed by atoms with Crippen molar-refractivity contribution in [3.05, 3.63) is 77.1 Å². The first-order valence-electron chi connectivity index (χ1n) is 8.91. The van der Waals surface area contributed by atoms with Crippen molar-refractivity contribution in [2.75, 3.05) is 12.4 Å². The number of urea groups is 1. The van der Waals surface area contributed by atoms with Crippen LogP contribution in [-0.2, 0) is 6.54 Å². The van der Waals surface area contributed by atoms with Crippen molar-refractivity contribution < 1.29 is 9.53 Å². The van der Waals surface area contributed by atoms with Gasteiger partial charge in [-0.15, -0.1) is 0 Å². The van der Waals surface area contributed by atoms with Crippen molar-refractivity contribution >= 4 is 11.7 Å². The fourth-order valence-corrected chi connectivity index (χ4v) is 3.21.